The molecule has 1 rings (SSSR count). The van der Waals surface area contributed by atoms with Crippen molar-refractivity contribution in [2.75, 3.05) is 0 Å². The third kappa shape index (κ3) is 4.35. The SMILES string of the molecule is [C-]#Cc1ccc(C)cc1.[Zn+][Br]. The molecule has 0 unspecified atom stereocenters. The second-order valence-corrected chi connectivity index (χ2v) is 1.99. The third-order valence-corrected chi connectivity index (χ3v) is 1.20. The first-order valence-electron chi connectivity index (χ1n) is 3.09. The van der Waals surface area contributed by atoms with Crippen LogP contribution in [0, 0.1) is 19.3 Å². The van der Waals surface area contributed by atoms with Crippen LogP contribution < -0.4 is 0 Å². The van der Waals surface area contributed by atoms with Crippen LogP contribution in [0.2, 0.25) is 0 Å². The Labute approximate surface area is 84.4 Å². The van der Waals surface area contributed by atoms with E-state index < -0.39 is 0 Å². The van der Waals surface area contributed by atoms with Crippen LogP contribution in [0.15, 0.2) is 24.3 Å². The van der Waals surface area contributed by atoms with Gasteiger partial charge in [0.25, 0.3) is 0 Å². The first-order valence-corrected chi connectivity index (χ1v) is 10.0. The minimum atomic E-state index is 0.834. The molecule has 0 aromatic heterocycles. The van der Waals surface area contributed by atoms with Gasteiger partial charge in [0.2, 0.25) is 0 Å². The van der Waals surface area contributed by atoms with Gasteiger partial charge in [-0.2, -0.15) is 0 Å². The standard InChI is InChI=1S/C9H7.BrH.Zn/c1-3-9-6-4-8(2)5-7-9;;/h4-7H,2H3;1H;/q-1;;+2/p-1. The van der Waals surface area contributed by atoms with Crippen LogP contribution in [0.4, 0.5) is 0 Å². The van der Waals surface area contributed by atoms with Gasteiger partial charge in [0.1, 0.15) is 0 Å². The second-order valence-electron chi connectivity index (χ2n) is 1.99. The molecule has 0 saturated heterocycles. The molecule has 52 valence electrons. The predicted octanol–water partition coefficient (Wildman–Crippen LogP) is 2.78. The summed E-state index contributed by atoms with van der Waals surface area (Å²) < 4.78 is 0. The molecule has 0 amide bonds. The topological polar surface area (TPSA) is 0 Å². The summed E-state index contributed by atoms with van der Waals surface area (Å²) in [6.45, 7) is 2.02. The van der Waals surface area contributed by atoms with E-state index in [-0.39, 0.29) is 0 Å². The van der Waals surface area contributed by atoms with Crippen molar-refractivity contribution in [1.29, 1.82) is 0 Å². The molecule has 1 aromatic carbocycles. The molecule has 0 aliphatic rings. The van der Waals surface area contributed by atoms with Crippen molar-refractivity contribution < 1.29 is 16.3 Å². The summed E-state index contributed by atoms with van der Waals surface area (Å²) >= 11 is 4.25. The van der Waals surface area contributed by atoms with Gasteiger partial charge in [-0.15, -0.1) is 17.7 Å². The number of hydrogen-bond acceptors (Lipinski definition) is 0. The fraction of sp³-hybridized carbons (Fsp3) is 0.111. The molecule has 0 aliphatic carbocycles. The van der Waals surface area contributed by atoms with E-state index in [0.717, 1.165) is 5.56 Å². The van der Waals surface area contributed by atoms with Crippen LogP contribution >= 0.6 is 13.6 Å². The van der Waals surface area contributed by atoms with Crippen molar-refractivity contribution in [3.05, 3.63) is 41.8 Å². The number of benzene rings is 1. The van der Waals surface area contributed by atoms with Gasteiger partial charge >= 0.3 is 30.0 Å². The summed E-state index contributed by atoms with van der Waals surface area (Å²) in [5.41, 5.74) is 2.05. The zero-order chi connectivity index (χ0) is 8.69. The van der Waals surface area contributed by atoms with E-state index in [1.54, 1.807) is 0 Å². The quantitative estimate of drug-likeness (QED) is 0.382. The Hall–Kier alpha value is -0.117. The molecule has 0 spiro atoms. The molecule has 0 N–H and O–H groups in total. The molecule has 1 aromatic rings. The minimum absolute atomic E-state index is 0.834. The van der Waals surface area contributed by atoms with Crippen molar-refractivity contribution in [3.63, 3.8) is 0 Å². The van der Waals surface area contributed by atoms with Crippen LogP contribution in [0.3, 0.4) is 0 Å². The summed E-state index contributed by atoms with van der Waals surface area (Å²) in [7, 11) is 0. The molecule has 0 saturated carbocycles. The van der Waals surface area contributed by atoms with Crippen LogP contribution in [0.1, 0.15) is 11.1 Å². The average molecular weight is 260 g/mol. The molecule has 0 heterocycles. The van der Waals surface area contributed by atoms with Gasteiger partial charge in [0.05, 0.1) is 0 Å². The fourth-order valence-corrected chi connectivity index (χ4v) is 0.637. The number of hydrogen-bond donors (Lipinski definition) is 0. The van der Waals surface area contributed by atoms with Crippen molar-refractivity contribution in [1.82, 2.24) is 0 Å². The summed E-state index contributed by atoms with van der Waals surface area (Å²) in [5.74, 6) is 2.30. The third-order valence-electron chi connectivity index (χ3n) is 1.20. The Bertz CT molecular complexity index is 233. The molecule has 0 aliphatic heterocycles. The molecular weight excluding hydrogens is 253 g/mol. The van der Waals surface area contributed by atoms with Gasteiger partial charge in [-0.05, 0) is 6.92 Å². The Balaban J connectivity index is 0.000000461. The zero-order valence-electron chi connectivity index (χ0n) is 6.39. The van der Waals surface area contributed by atoms with Crippen LogP contribution in [0.25, 0.3) is 0 Å². The molecule has 11 heavy (non-hydrogen) atoms. The monoisotopic (exact) mass is 258 g/mol. The zero-order valence-corrected chi connectivity index (χ0v) is 10.9. The molecule has 0 nitrogen and oxygen atoms in total. The van der Waals surface area contributed by atoms with E-state index in [1.807, 2.05) is 31.2 Å². The average Bonchev–Trinajstić information content (AvgIpc) is 2.10. The van der Waals surface area contributed by atoms with E-state index in [2.05, 4.69) is 19.5 Å². The Morgan fingerprint density at radius 3 is 2.09 bits per heavy atom. The van der Waals surface area contributed by atoms with E-state index in [0.29, 0.717) is 0 Å². The summed E-state index contributed by atoms with van der Waals surface area (Å²) in [6.07, 6.45) is 6.76. The molecule has 2 heteroatoms. The normalized spacial score (nSPS) is 7.55. The summed E-state index contributed by atoms with van der Waals surface area (Å²) in [4.78, 5) is 0. The van der Waals surface area contributed by atoms with Crippen LogP contribution in [-0.4, -0.2) is 0 Å². The van der Waals surface area contributed by atoms with Crippen molar-refractivity contribution in [2.45, 2.75) is 6.92 Å². The molecule has 0 radical (unpaired) electrons. The van der Waals surface area contributed by atoms with E-state index in [1.165, 1.54) is 21.9 Å². The first kappa shape index (κ1) is 10.9. The van der Waals surface area contributed by atoms with Gasteiger partial charge < -0.3 is 6.42 Å². The number of aryl methyl sites for hydroxylation is 1. The van der Waals surface area contributed by atoms with Crippen LogP contribution in [-0.2, 0) is 16.3 Å². The van der Waals surface area contributed by atoms with Crippen LogP contribution in [0.5, 0.6) is 0 Å². The van der Waals surface area contributed by atoms with Gasteiger partial charge in [0, 0.05) is 0 Å². The van der Waals surface area contributed by atoms with E-state index in [4.69, 9.17) is 6.42 Å². The molecular formula is C9H7BrZn. The van der Waals surface area contributed by atoms with Gasteiger partial charge in [-0.25, -0.2) is 0 Å². The second kappa shape index (κ2) is 6.58. The Morgan fingerprint density at radius 1 is 1.27 bits per heavy atom. The van der Waals surface area contributed by atoms with Gasteiger partial charge in [-0.1, -0.05) is 17.7 Å². The van der Waals surface area contributed by atoms with E-state index >= 15 is 0 Å². The number of halogens is 1. The van der Waals surface area contributed by atoms with Crippen molar-refractivity contribution in [2.24, 2.45) is 0 Å². The summed E-state index contributed by atoms with van der Waals surface area (Å²) in [5, 5.41) is 0. The molecule has 0 bridgehead atoms. The van der Waals surface area contributed by atoms with Gasteiger partial charge in [-0.3, -0.25) is 5.92 Å². The van der Waals surface area contributed by atoms with Gasteiger partial charge in [0.15, 0.2) is 0 Å². The molecule has 0 atom stereocenters. The predicted molar refractivity (Wildman–Crippen MR) is 46.3 cm³/mol. The Morgan fingerprint density at radius 2 is 1.73 bits per heavy atom. The van der Waals surface area contributed by atoms with Crippen molar-refractivity contribution >= 4 is 13.6 Å². The maximum absolute atomic E-state index is 6.76. The number of rotatable bonds is 0. The summed E-state index contributed by atoms with van der Waals surface area (Å²) in [6, 6.07) is 7.69. The van der Waals surface area contributed by atoms with Crippen molar-refractivity contribution in [3.8, 4) is 5.92 Å². The Kier molecular flexibility index (Phi) is 6.51. The molecule has 0 fully saturated rings. The van der Waals surface area contributed by atoms with E-state index in [9.17, 15) is 0 Å². The first-order chi connectivity index (χ1) is 5.33. The maximum atomic E-state index is 6.76. The fourth-order valence-electron chi connectivity index (χ4n) is 0.637.